The highest BCUT2D eigenvalue weighted by molar-refractivity contribution is 5.87. The molecule has 0 atom stereocenters. The highest BCUT2D eigenvalue weighted by Gasteiger charge is 2.21. The van der Waals surface area contributed by atoms with Gasteiger partial charge in [-0.25, -0.2) is 0 Å². The van der Waals surface area contributed by atoms with Crippen molar-refractivity contribution in [2.75, 3.05) is 19.6 Å². The van der Waals surface area contributed by atoms with Crippen molar-refractivity contribution < 1.29 is 14.4 Å². The van der Waals surface area contributed by atoms with Crippen LogP contribution in [0.2, 0.25) is 0 Å². The van der Waals surface area contributed by atoms with Crippen LogP contribution in [0, 0.1) is 11.3 Å². The largest absolute Gasteiger partial charge is 0.354 e. The fourth-order valence-electron chi connectivity index (χ4n) is 1.08. The predicted molar refractivity (Wildman–Crippen MR) is 73.3 cm³/mol. The van der Waals surface area contributed by atoms with Crippen molar-refractivity contribution in [1.82, 2.24) is 16.0 Å². The molecule has 0 fully saturated rings. The number of rotatable bonds is 6. The molecule has 0 saturated heterocycles. The number of carbonyl (C=O) groups excluding carboxylic acids is 3. The number of hydrogen-bond donors (Lipinski definition) is 3. The van der Waals surface area contributed by atoms with E-state index in [1.165, 1.54) is 0 Å². The predicted octanol–water partition coefficient (Wildman–Crippen LogP) is 0.0371. The van der Waals surface area contributed by atoms with Crippen molar-refractivity contribution in [2.24, 2.45) is 11.3 Å². The second kappa shape index (κ2) is 7.76. The van der Waals surface area contributed by atoms with Gasteiger partial charge >= 0.3 is 0 Å². The van der Waals surface area contributed by atoms with Gasteiger partial charge in [0.15, 0.2) is 0 Å². The molecule has 0 aliphatic heterocycles. The van der Waals surface area contributed by atoms with Crippen LogP contribution in [0.3, 0.4) is 0 Å². The Morgan fingerprint density at radius 1 is 0.947 bits per heavy atom. The molecular weight excluding hydrogens is 246 g/mol. The van der Waals surface area contributed by atoms with E-state index in [9.17, 15) is 14.4 Å². The third-order valence-corrected chi connectivity index (χ3v) is 2.36. The molecule has 3 N–H and O–H groups in total. The highest BCUT2D eigenvalue weighted by Crippen LogP contribution is 2.11. The Labute approximate surface area is 114 Å². The molecule has 6 heteroatoms. The second-order valence-corrected chi connectivity index (χ2v) is 5.73. The third kappa shape index (κ3) is 8.18. The maximum absolute atomic E-state index is 11.5. The van der Waals surface area contributed by atoms with Crippen molar-refractivity contribution in [3.05, 3.63) is 0 Å². The van der Waals surface area contributed by atoms with Crippen molar-refractivity contribution in [3.8, 4) is 0 Å². The molecule has 3 amide bonds. The summed E-state index contributed by atoms with van der Waals surface area (Å²) < 4.78 is 0. The Hall–Kier alpha value is -1.59. The van der Waals surface area contributed by atoms with E-state index in [0.29, 0.717) is 13.1 Å². The zero-order valence-electron chi connectivity index (χ0n) is 12.4. The van der Waals surface area contributed by atoms with Gasteiger partial charge in [-0.3, -0.25) is 14.4 Å². The van der Waals surface area contributed by atoms with E-state index in [1.54, 1.807) is 34.6 Å². The summed E-state index contributed by atoms with van der Waals surface area (Å²) in [5.74, 6) is -0.552. The van der Waals surface area contributed by atoms with Crippen molar-refractivity contribution >= 4 is 17.7 Å². The molecule has 0 aromatic carbocycles. The summed E-state index contributed by atoms with van der Waals surface area (Å²) in [5.41, 5.74) is -0.508. The summed E-state index contributed by atoms with van der Waals surface area (Å²) in [4.78, 5) is 34.2. The van der Waals surface area contributed by atoms with Crippen LogP contribution >= 0.6 is 0 Å². The van der Waals surface area contributed by atoms with E-state index in [2.05, 4.69) is 16.0 Å². The Balaban J connectivity index is 3.72. The number of amides is 3. The van der Waals surface area contributed by atoms with Crippen molar-refractivity contribution in [2.45, 2.75) is 34.6 Å². The monoisotopic (exact) mass is 271 g/mol. The van der Waals surface area contributed by atoms with Gasteiger partial charge in [0.25, 0.3) is 0 Å². The van der Waals surface area contributed by atoms with Gasteiger partial charge < -0.3 is 16.0 Å². The first-order chi connectivity index (χ1) is 8.64. The summed E-state index contributed by atoms with van der Waals surface area (Å²) in [7, 11) is 0. The molecule has 0 aliphatic rings. The van der Waals surface area contributed by atoms with E-state index in [4.69, 9.17) is 0 Å². The van der Waals surface area contributed by atoms with Crippen LogP contribution in [0.25, 0.3) is 0 Å². The van der Waals surface area contributed by atoms with Crippen LogP contribution in [0.5, 0.6) is 0 Å². The van der Waals surface area contributed by atoms with E-state index >= 15 is 0 Å². The molecule has 0 radical (unpaired) electrons. The molecule has 0 heterocycles. The Morgan fingerprint density at radius 3 is 1.95 bits per heavy atom. The zero-order chi connectivity index (χ0) is 15.1. The minimum atomic E-state index is -0.508. The number of carbonyl (C=O) groups is 3. The molecule has 0 bridgehead atoms. The number of nitrogens with one attached hydrogen (secondary N) is 3. The summed E-state index contributed by atoms with van der Waals surface area (Å²) in [5, 5.41) is 7.85. The summed E-state index contributed by atoms with van der Waals surface area (Å²) >= 11 is 0. The van der Waals surface area contributed by atoms with Gasteiger partial charge in [-0.2, -0.15) is 0 Å². The second-order valence-electron chi connectivity index (χ2n) is 5.73. The van der Waals surface area contributed by atoms with Gasteiger partial charge in [0.1, 0.15) is 0 Å². The average Bonchev–Trinajstić information content (AvgIpc) is 2.29. The fourth-order valence-corrected chi connectivity index (χ4v) is 1.08. The maximum Gasteiger partial charge on any atom is 0.239 e. The van der Waals surface area contributed by atoms with E-state index in [-0.39, 0.29) is 30.2 Å². The van der Waals surface area contributed by atoms with Crippen LogP contribution in [0.4, 0.5) is 0 Å². The first-order valence-electron chi connectivity index (χ1n) is 6.47. The van der Waals surface area contributed by atoms with Gasteiger partial charge in [0.05, 0.1) is 6.54 Å². The SMILES string of the molecule is CC(C)C(=O)NCCNC(=O)CNC(=O)C(C)(C)C. The zero-order valence-corrected chi connectivity index (χ0v) is 12.4. The molecule has 6 nitrogen and oxygen atoms in total. The first kappa shape index (κ1) is 17.4. The van der Waals surface area contributed by atoms with Gasteiger partial charge in [0, 0.05) is 24.4 Å². The van der Waals surface area contributed by atoms with Crippen LogP contribution in [0.1, 0.15) is 34.6 Å². The molecule has 110 valence electrons. The highest BCUT2D eigenvalue weighted by atomic mass is 16.2. The van der Waals surface area contributed by atoms with Gasteiger partial charge in [-0.05, 0) is 0 Å². The van der Waals surface area contributed by atoms with E-state index in [1.807, 2.05) is 0 Å². The molecule has 0 aliphatic carbocycles. The standard InChI is InChI=1S/C13H25N3O3/c1-9(2)11(18)15-7-6-14-10(17)8-16-12(19)13(3,4)5/h9H,6-8H2,1-5H3,(H,14,17)(H,15,18)(H,16,19). The molecule has 0 unspecified atom stereocenters. The fraction of sp³-hybridized carbons (Fsp3) is 0.769. The molecule has 19 heavy (non-hydrogen) atoms. The van der Waals surface area contributed by atoms with Crippen LogP contribution in [0.15, 0.2) is 0 Å². The molecule has 0 spiro atoms. The number of hydrogen-bond acceptors (Lipinski definition) is 3. The van der Waals surface area contributed by atoms with Gasteiger partial charge in [-0.15, -0.1) is 0 Å². The normalized spacial score (nSPS) is 11.1. The minimum Gasteiger partial charge on any atom is -0.354 e. The summed E-state index contributed by atoms with van der Waals surface area (Å²) in [6, 6.07) is 0. The van der Waals surface area contributed by atoms with E-state index < -0.39 is 5.41 Å². The lowest BCUT2D eigenvalue weighted by Crippen LogP contribution is -2.43. The molecule has 0 rings (SSSR count). The molecule has 0 aromatic heterocycles. The lowest BCUT2D eigenvalue weighted by Gasteiger charge is -2.17. The molecule has 0 aromatic rings. The quantitative estimate of drug-likeness (QED) is 0.596. The Morgan fingerprint density at radius 2 is 1.47 bits per heavy atom. The first-order valence-corrected chi connectivity index (χ1v) is 6.47. The van der Waals surface area contributed by atoms with Crippen LogP contribution in [-0.2, 0) is 14.4 Å². The van der Waals surface area contributed by atoms with Crippen LogP contribution in [-0.4, -0.2) is 37.4 Å². The molecule has 0 saturated carbocycles. The Bertz CT molecular complexity index is 333. The van der Waals surface area contributed by atoms with Crippen molar-refractivity contribution in [1.29, 1.82) is 0 Å². The Kier molecular flexibility index (Phi) is 7.11. The smallest absolute Gasteiger partial charge is 0.239 e. The average molecular weight is 271 g/mol. The lowest BCUT2D eigenvalue weighted by molar-refractivity contribution is -0.131. The van der Waals surface area contributed by atoms with Gasteiger partial charge in [-0.1, -0.05) is 34.6 Å². The van der Waals surface area contributed by atoms with Gasteiger partial charge in [0.2, 0.25) is 17.7 Å². The van der Waals surface area contributed by atoms with Crippen LogP contribution < -0.4 is 16.0 Å². The third-order valence-electron chi connectivity index (χ3n) is 2.36. The van der Waals surface area contributed by atoms with Crippen molar-refractivity contribution in [3.63, 3.8) is 0 Å². The summed E-state index contributed by atoms with van der Waals surface area (Å²) in [6.07, 6.45) is 0. The topological polar surface area (TPSA) is 87.3 Å². The summed E-state index contributed by atoms with van der Waals surface area (Å²) in [6.45, 7) is 9.63. The maximum atomic E-state index is 11.5. The molecular formula is C13H25N3O3. The van der Waals surface area contributed by atoms with E-state index in [0.717, 1.165) is 0 Å². The minimum absolute atomic E-state index is 0.0460. The lowest BCUT2D eigenvalue weighted by atomic mass is 9.96.